The second-order valence-corrected chi connectivity index (χ2v) is 4.56. The molecular formula is C11H18N2O. The molecule has 0 aliphatic carbocycles. The van der Waals surface area contributed by atoms with E-state index >= 15 is 0 Å². The van der Waals surface area contributed by atoms with E-state index in [0.717, 1.165) is 18.4 Å². The van der Waals surface area contributed by atoms with E-state index in [1.807, 2.05) is 6.92 Å². The maximum Gasteiger partial charge on any atom is 0.224 e. The first kappa shape index (κ1) is 9.71. The van der Waals surface area contributed by atoms with Crippen LogP contribution in [0.15, 0.2) is 12.2 Å². The van der Waals surface area contributed by atoms with E-state index in [-0.39, 0.29) is 11.8 Å². The van der Waals surface area contributed by atoms with Crippen LogP contribution in [0.4, 0.5) is 0 Å². The molecule has 2 rings (SSSR count). The minimum atomic E-state index is 0.202. The number of carbonyl (C=O) groups is 1. The highest BCUT2D eigenvalue weighted by molar-refractivity contribution is 5.80. The van der Waals surface area contributed by atoms with Gasteiger partial charge in [-0.3, -0.25) is 4.79 Å². The predicted molar refractivity (Wildman–Crippen MR) is 55.9 cm³/mol. The van der Waals surface area contributed by atoms with E-state index in [9.17, 15) is 4.79 Å². The minimum Gasteiger partial charge on any atom is -0.352 e. The van der Waals surface area contributed by atoms with E-state index in [1.54, 1.807) is 0 Å². The van der Waals surface area contributed by atoms with Crippen LogP contribution in [0.1, 0.15) is 26.2 Å². The van der Waals surface area contributed by atoms with Crippen LogP contribution in [0.25, 0.3) is 0 Å². The van der Waals surface area contributed by atoms with Gasteiger partial charge in [0.2, 0.25) is 5.91 Å². The summed E-state index contributed by atoms with van der Waals surface area (Å²) in [5.74, 6) is 0.404. The Hall–Kier alpha value is -0.830. The zero-order valence-corrected chi connectivity index (χ0v) is 8.68. The van der Waals surface area contributed by atoms with Crippen LogP contribution in [0.3, 0.4) is 0 Å². The fourth-order valence-electron chi connectivity index (χ4n) is 2.48. The topological polar surface area (TPSA) is 41.1 Å². The van der Waals surface area contributed by atoms with Gasteiger partial charge < -0.3 is 10.6 Å². The average molecular weight is 194 g/mol. The number of fused-ring (bicyclic) bond motifs is 2. The summed E-state index contributed by atoms with van der Waals surface area (Å²) < 4.78 is 0. The summed E-state index contributed by atoms with van der Waals surface area (Å²) in [7, 11) is 0. The van der Waals surface area contributed by atoms with Crippen molar-refractivity contribution in [2.75, 3.05) is 6.54 Å². The lowest BCUT2D eigenvalue weighted by Crippen LogP contribution is -2.38. The van der Waals surface area contributed by atoms with Gasteiger partial charge >= 0.3 is 0 Å². The van der Waals surface area contributed by atoms with E-state index in [4.69, 9.17) is 0 Å². The van der Waals surface area contributed by atoms with Gasteiger partial charge in [0, 0.05) is 18.6 Å². The third-order valence-corrected chi connectivity index (χ3v) is 3.20. The maximum absolute atomic E-state index is 11.7. The van der Waals surface area contributed by atoms with E-state index < -0.39 is 0 Å². The number of hydrogen-bond acceptors (Lipinski definition) is 2. The summed E-state index contributed by atoms with van der Waals surface area (Å²) >= 11 is 0. The number of nitrogens with one attached hydrogen (secondary N) is 2. The Morgan fingerprint density at radius 2 is 2.36 bits per heavy atom. The Bertz CT molecular complexity index is 262. The molecule has 0 aromatic heterocycles. The van der Waals surface area contributed by atoms with Crippen molar-refractivity contribution in [3.63, 3.8) is 0 Å². The first-order valence-corrected chi connectivity index (χ1v) is 5.35. The SMILES string of the molecule is C=C(C)CNC(=O)C1CC2CCC1N2. The van der Waals surface area contributed by atoms with E-state index in [2.05, 4.69) is 17.2 Å². The van der Waals surface area contributed by atoms with Crippen molar-refractivity contribution in [3.8, 4) is 0 Å². The molecule has 2 heterocycles. The number of carbonyl (C=O) groups excluding carboxylic acids is 1. The fraction of sp³-hybridized carbons (Fsp3) is 0.727. The lowest BCUT2D eigenvalue weighted by atomic mass is 9.88. The summed E-state index contributed by atoms with van der Waals surface area (Å²) in [6.07, 6.45) is 3.43. The zero-order chi connectivity index (χ0) is 10.1. The average Bonchev–Trinajstić information content (AvgIpc) is 2.74. The van der Waals surface area contributed by atoms with Gasteiger partial charge in [-0.05, 0) is 26.2 Å². The van der Waals surface area contributed by atoms with Crippen LogP contribution in [-0.4, -0.2) is 24.5 Å². The first-order chi connectivity index (χ1) is 6.66. The van der Waals surface area contributed by atoms with Crippen molar-refractivity contribution in [2.24, 2.45) is 5.92 Å². The highest BCUT2D eigenvalue weighted by atomic mass is 16.1. The molecule has 0 aromatic carbocycles. The number of hydrogen-bond donors (Lipinski definition) is 2. The molecule has 3 unspecified atom stereocenters. The molecule has 3 atom stereocenters. The predicted octanol–water partition coefficient (Wildman–Crippen LogP) is 0.819. The molecule has 2 bridgehead atoms. The number of amides is 1. The van der Waals surface area contributed by atoms with Gasteiger partial charge in [-0.1, -0.05) is 12.2 Å². The van der Waals surface area contributed by atoms with Gasteiger partial charge in [-0.2, -0.15) is 0 Å². The lowest BCUT2D eigenvalue weighted by molar-refractivity contribution is -0.125. The van der Waals surface area contributed by atoms with Gasteiger partial charge in [0.1, 0.15) is 0 Å². The Labute approximate surface area is 84.9 Å². The summed E-state index contributed by atoms with van der Waals surface area (Å²) in [5, 5.41) is 6.39. The molecule has 1 amide bonds. The molecule has 2 saturated heterocycles. The van der Waals surface area contributed by atoms with E-state index in [0.29, 0.717) is 18.6 Å². The van der Waals surface area contributed by atoms with E-state index in [1.165, 1.54) is 6.42 Å². The van der Waals surface area contributed by atoms with Gasteiger partial charge in [0.05, 0.1) is 5.92 Å². The standard InChI is InChI=1S/C11H18N2O/c1-7(2)6-12-11(14)9-5-8-3-4-10(9)13-8/h8-10,13H,1,3-6H2,2H3,(H,12,14). The zero-order valence-electron chi connectivity index (χ0n) is 8.68. The Morgan fingerprint density at radius 3 is 2.86 bits per heavy atom. The van der Waals surface area contributed by atoms with Crippen LogP contribution in [0.5, 0.6) is 0 Å². The molecule has 14 heavy (non-hydrogen) atoms. The highest BCUT2D eigenvalue weighted by Crippen LogP contribution is 2.33. The monoisotopic (exact) mass is 194 g/mol. The van der Waals surface area contributed by atoms with Gasteiger partial charge in [0.25, 0.3) is 0 Å². The largest absolute Gasteiger partial charge is 0.352 e. The second-order valence-electron chi connectivity index (χ2n) is 4.56. The number of rotatable bonds is 3. The molecule has 78 valence electrons. The normalized spacial score (nSPS) is 34.5. The van der Waals surface area contributed by atoms with Gasteiger partial charge in [0.15, 0.2) is 0 Å². The fourth-order valence-corrected chi connectivity index (χ4v) is 2.48. The second kappa shape index (κ2) is 3.73. The Balaban J connectivity index is 1.84. The summed E-state index contributed by atoms with van der Waals surface area (Å²) in [6, 6.07) is 1.03. The molecular weight excluding hydrogens is 176 g/mol. The first-order valence-electron chi connectivity index (χ1n) is 5.35. The van der Waals surface area contributed by atoms with Gasteiger partial charge in [-0.25, -0.2) is 0 Å². The van der Waals surface area contributed by atoms with Crippen molar-refractivity contribution < 1.29 is 4.79 Å². The minimum absolute atomic E-state index is 0.202. The van der Waals surface area contributed by atoms with Crippen molar-refractivity contribution in [2.45, 2.75) is 38.3 Å². The molecule has 2 N–H and O–H groups in total. The van der Waals surface area contributed by atoms with Crippen molar-refractivity contribution in [1.29, 1.82) is 0 Å². The van der Waals surface area contributed by atoms with Crippen LogP contribution < -0.4 is 10.6 Å². The molecule has 2 aliphatic rings. The smallest absolute Gasteiger partial charge is 0.224 e. The molecule has 0 aromatic rings. The van der Waals surface area contributed by atoms with Gasteiger partial charge in [-0.15, -0.1) is 0 Å². The quantitative estimate of drug-likeness (QED) is 0.653. The summed E-state index contributed by atoms with van der Waals surface area (Å²) in [4.78, 5) is 11.7. The summed E-state index contributed by atoms with van der Waals surface area (Å²) in [6.45, 7) is 6.32. The molecule has 3 nitrogen and oxygen atoms in total. The summed E-state index contributed by atoms with van der Waals surface area (Å²) in [5.41, 5.74) is 1.01. The van der Waals surface area contributed by atoms with Crippen molar-refractivity contribution >= 4 is 5.91 Å². The Kier molecular flexibility index (Phi) is 2.59. The maximum atomic E-state index is 11.7. The molecule has 0 spiro atoms. The highest BCUT2D eigenvalue weighted by Gasteiger charge is 2.42. The molecule has 3 heteroatoms. The third kappa shape index (κ3) is 1.82. The van der Waals surface area contributed by atoms with Crippen molar-refractivity contribution in [1.82, 2.24) is 10.6 Å². The Morgan fingerprint density at radius 1 is 1.57 bits per heavy atom. The third-order valence-electron chi connectivity index (χ3n) is 3.20. The van der Waals surface area contributed by atoms with Crippen LogP contribution in [0.2, 0.25) is 0 Å². The molecule has 2 aliphatic heterocycles. The molecule has 2 fully saturated rings. The molecule has 0 saturated carbocycles. The van der Waals surface area contributed by atoms with Crippen LogP contribution in [0, 0.1) is 5.92 Å². The lowest BCUT2D eigenvalue weighted by Gasteiger charge is -2.19. The van der Waals surface area contributed by atoms with Crippen molar-refractivity contribution in [3.05, 3.63) is 12.2 Å². The molecule has 0 radical (unpaired) electrons. The van der Waals surface area contributed by atoms with Crippen LogP contribution >= 0.6 is 0 Å². The van der Waals surface area contributed by atoms with Crippen LogP contribution in [-0.2, 0) is 4.79 Å².